The SMILES string of the molecule is Cc1cc(Br)c2nc3n(c2c1)CCNC3. The fraction of sp³-hybridized carbons (Fsp3) is 0.364. The average molecular weight is 266 g/mol. The summed E-state index contributed by atoms with van der Waals surface area (Å²) < 4.78 is 3.41. The van der Waals surface area contributed by atoms with Gasteiger partial charge < -0.3 is 9.88 Å². The lowest BCUT2D eigenvalue weighted by molar-refractivity contribution is 0.514. The third-order valence-corrected chi connectivity index (χ3v) is 3.43. The molecule has 0 radical (unpaired) electrons. The summed E-state index contributed by atoms with van der Waals surface area (Å²) in [5.41, 5.74) is 3.60. The van der Waals surface area contributed by atoms with Crippen LogP contribution in [-0.4, -0.2) is 16.1 Å². The molecule has 0 saturated heterocycles. The minimum atomic E-state index is 0.875. The van der Waals surface area contributed by atoms with Gasteiger partial charge in [0.2, 0.25) is 0 Å². The Morgan fingerprint density at radius 1 is 1.47 bits per heavy atom. The summed E-state index contributed by atoms with van der Waals surface area (Å²) >= 11 is 3.58. The van der Waals surface area contributed by atoms with Gasteiger partial charge in [-0.2, -0.15) is 0 Å². The molecule has 3 nitrogen and oxygen atoms in total. The second-order valence-corrected chi connectivity index (χ2v) is 4.83. The molecule has 78 valence electrons. The highest BCUT2D eigenvalue weighted by atomic mass is 79.9. The summed E-state index contributed by atoms with van der Waals surface area (Å²) in [7, 11) is 0. The number of nitrogens with one attached hydrogen (secondary N) is 1. The number of benzene rings is 1. The zero-order valence-electron chi connectivity index (χ0n) is 8.55. The highest BCUT2D eigenvalue weighted by Crippen LogP contribution is 2.26. The lowest BCUT2D eigenvalue weighted by Gasteiger charge is -2.15. The molecule has 0 aliphatic carbocycles. The third-order valence-electron chi connectivity index (χ3n) is 2.83. The molecule has 1 aliphatic heterocycles. The molecule has 15 heavy (non-hydrogen) atoms. The van der Waals surface area contributed by atoms with Crippen molar-refractivity contribution in [2.75, 3.05) is 6.54 Å². The van der Waals surface area contributed by atoms with Crippen molar-refractivity contribution in [1.29, 1.82) is 0 Å². The van der Waals surface area contributed by atoms with E-state index in [2.05, 4.69) is 49.9 Å². The molecule has 0 bridgehead atoms. The van der Waals surface area contributed by atoms with Crippen LogP contribution >= 0.6 is 15.9 Å². The maximum absolute atomic E-state index is 4.65. The van der Waals surface area contributed by atoms with Crippen LogP contribution in [0, 0.1) is 6.92 Å². The Hall–Kier alpha value is -0.870. The number of halogens is 1. The van der Waals surface area contributed by atoms with E-state index in [0.29, 0.717) is 0 Å². The number of hydrogen-bond acceptors (Lipinski definition) is 2. The Bertz CT molecular complexity index is 530. The Morgan fingerprint density at radius 2 is 2.33 bits per heavy atom. The minimum Gasteiger partial charge on any atom is -0.326 e. The second kappa shape index (κ2) is 3.32. The number of rotatable bonds is 0. The van der Waals surface area contributed by atoms with E-state index in [0.717, 1.165) is 35.4 Å². The Balaban J connectivity index is 2.37. The van der Waals surface area contributed by atoms with E-state index in [1.54, 1.807) is 0 Å². The van der Waals surface area contributed by atoms with Crippen LogP contribution in [0.15, 0.2) is 16.6 Å². The zero-order chi connectivity index (χ0) is 10.4. The molecule has 0 amide bonds. The first-order valence-electron chi connectivity index (χ1n) is 5.11. The normalized spacial score (nSPS) is 15.6. The molecule has 2 heterocycles. The average Bonchev–Trinajstić information content (AvgIpc) is 2.57. The highest BCUT2D eigenvalue weighted by Gasteiger charge is 2.15. The van der Waals surface area contributed by atoms with E-state index in [1.807, 2.05) is 0 Å². The van der Waals surface area contributed by atoms with Gasteiger partial charge in [0.25, 0.3) is 0 Å². The van der Waals surface area contributed by atoms with Gasteiger partial charge in [0.05, 0.1) is 12.1 Å². The summed E-state index contributed by atoms with van der Waals surface area (Å²) in [5.74, 6) is 1.14. The number of fused-ring (bicyclic) bond motifs is 3. The predicted octanol–water partition coefficient (Wildman–Crippen LogP) is 2.21. The van der Waals surface area contributed by atoms with Gasteiger partial charge in [0.15, 0.2) is 0 Å². The number of nitrogens with zero attached hydrogens (tertiary/aromatic N) is 2. The summed E-state index contributed by atoms with van der Waals surface area (Å²) in [6.45, 7) is 5.04. The molecule has 0 spiro atoms. The van der Waals surface area contributed by atoms with Crippen molar-refractivity contribution < 1.29 is 0 Å². The Labute approximate surface area is 96.6 Å². The second-order valence-electron chi connectivity index (χ2n) is 3.97. The van der Waals surface area contributed by atoms with E-state index in [-0.39, 0.29) is 0 Å². The molecule has 0 unspecified atom stereocenters. The third kappa shape index (κ3) is 1.40. The number of aromatic nitrogens is 2. The van der Waals surface area contributed by atoms with Crippen molar-refractivity contribution in [3.63, 3.8) is 0 Å². The molecule has 0 fully saturated rings. The van der Waals surface area contributed by atoms with Crippen LogP contribution < -0.4 is 5.32 Å². The first-order valence-corrected chi connectivity index (χ1v) is 5.91. The van der Waals surface area contributed by atoms with Crippen molar-refractivity contribution in [3.05, 3.63) is 28.0 Å². The van der Waals surface area contributed by atoms with Crippen molar-refractivity contribution >= 4 is 27.0 Å². The smallest absolute Gasteiger partial charge is 0.123 e. The maximum Gasteiger partial charge on any atom is 0.123 e. The molecular formula is C11H12BrN3. The van der Waals surface area contributed by atoms with Gasteiger partial charge in [-0.3, -0.25) is 0 Å². The molecule has 1 aromatic heterocycles. The minimum absolute atomic E-state index is 0.875. The van der Waals surface area contributed by atoms with Crippen molar-refractivity contribution in [3.8, 4) is 0 Å². The lowest BCUT2D eigenvalue weighted by atomic mass is 10.2. The Kier molecular flexibility index (Phi) is 2.07. The van der Waals surface area contributed by atoms with Gasteiger partial charge in [-0.25, -0.2) is 4.98 Å². The molecule has 1 aromatic carbocycles. The van der Waals surface area contributed by atoms with Crippen molar-refractivity contribution in [2.45, 2.75) is 20.0 Å². The Morgan fingerprint density at radius 3 is 3.20 bits per heavy atom. The quantitative estimate of drug-likeness (QED) is 0.792. The van der Waals surface area contributed by atoms with Gasteiger partial charge in [0.1, 0.15) is 11.3 Å². The molecule has 2 aromatic rings. The van der Waals surface area contributed by atoms with Crippen LogP contribution in [0.2, 0.25) is 0 Å². The maximum atomic E-state index is 4.65. The van der Waals surface area contributed by atoms with Crippen LogP contribution in [0.4, 0.5) is 0 Å². The van der Waals surface area contributed by atoms with Crippen molar-refractivity contribution in [2.24, 2.45) is 0 Å². The predicted molar refractivity (Wildman–Crippen MR) is 63.9 cm³/mol. The summed E-state index contributed by atoms with van der Waals surface area (Å²) in [6, 6.07) is 4.33. The van der Waals surface area contributed by atoms with Gasteiger partial charge in [0, 0.05) is 17.6 Å². The van der Waals surface area contributed by atoms with Crippen LogP contribution in [0.3, 0.4) is 0 Å². The topological polar surface area (TPSA) is 29.9 Å². The number of hydrogen-bond donors (Lipinski definition) is 1. The standard InChI is InChI=1S/C11H12BrN3/c1-7-4-8(12)11-9(5-7)15-3-2-13-6-10(15)14-11/h4-5,13H,2-3,6H2,1H3. The summed E-state index contributed by atoms with van der Waals surface area (Å²) in [4.78, 5) is 4.65. The number of imidazole rings is 1. The van der Waals surface area contributed by atoms with E-state index >= 15 is 0 Å². The lowest BCUT2D eigenvalue weighted by Crippen LogP contribution is -2.28. The number of aryl methyl sites for hydroxylation is 1. The summed E-state index contributed by atoms with van der Waals surface area (Å²) in [6.07, 6.45) is 0. The first kappa shape index (κ1) is 9.36. The molecule has 0 saturated carbocycles. The monoisotopic (exact) mass is 265 g/mol. The molecule has 1 aliphatic rings. The van der Waals surface area contributed by atoms with Crippen LogP contribution in [0.5, 0.6) is 0 Å². The van der Waals surface area contributed by atoms with Gasteiger partial charge in [-0.05, 0) is 40.5 Å². The molecule has 3 rings (SSSR count). The zero-order valence-corrected chi connectivity index (χ0v) is 10.1. The fourth-order valence-corrected chi connectivity index (χ4v) is 2.79. The van der Waals surface area contributed by atoms with E-state index in [1.165, 1.54) is 11.1 Å². The first-order chi connectivity index (χ1) is 7.25. The molecule has 0 atom stereocenters. The van der Waals surface area contributed by atoms with E-state index in [4.69, 9.17) is 0 Å². The fourth-order valence-electron chi connectivity index (χ4n) is 2.14. The molecule has 4 heteroatoms. The van der Waals surface area contributed by atoms with E-state index < -0.39 is 0 Å². The summed E-state index contributed by atoms with van der Waals surface area (Å²) in [5, 5.41) is 3.34. The van der Waals surface area contributed by atoms with E-state index in [9.17, 15) is 0 Å². The van der Waals surface area contributed by atoms with Crippen molar-refractivity contribution in [1.82, 2.24) is 14.9 Å². The van der Waals surface area contributed by atoms with Crippen LogP contribution in [0.1, 0.15) is 11.4 Å². The molecular weight excluding hydrogens is 254 g/mol. The van der Waals surface area contributed by atoms with Gasteiger partial charge in [-0.15, -0.1) is 0 Å². The van der Waals surface area contributed by atoms with Crippen LogP contribution in [0.25, 0.3) is 11.0 Å². The largest absolute Gasteiger partial charge is 0.326 e. The molecule has 1 N–H and O–H groups in total. The van der Waals surface area contributed by atoms with Crippen LogP contribution in [-0.2, 0) is 13.1 Å². The van der Waals surface area contributed by atoms with Gasteiger partial charge in [-0.1, -0.05) is 0 Å². The van der Waals surface area contributed by atoms with Gasteiger partial charge >= 0.3 is 0 Å². The highest BCUT2D eigenvalue weighted by molar-refractivity contribution is 9.10.